The van der Waals surface area contributed by atoms with Crippen LogP contribution in [0.3, 0.4) is 0 Å². The second-order valence-electron chi connectivity index (χ2n) is 4.51. The lowest BCUT2D eigenvalue weighted by Crippen LogP contribution is -2.17. The summed E-state index contributed by atoms with van der Waals surface area (Å²) in [7, 11) is 0. The summed E-state index contributed by atoms with van der Waals surface area (Å²) in [6.45, 7) is 3.49. The van der Waals surface area contributed by atoms with Gasteiger partial charge in [-0.1, -0.05) is 43.3 Å². The first-order valence-electron chi connectivity index (χ1n) is 6.64. The van der Waals surface area contributed by atoms with Crippen LogP contribution < -0.4 is 10.1 Å². The molecule has 0 atom stereocenters. The molecule has 0 amide bonds. The maximum atomic E-state index is 12.3. The molecule has 0 unspecified atom stereocenters. The Kier molecular flexibility index (Phi) is 4.85. The zero-order chi connectivity index (χ0) is 15.3. The molecular formula is C16H16F3NO. The third kappa shape index (κ3) is 4.49. The fourth-order valence-electron chi connectivity index (χ4n) is 2.08. The molecule has 21 heavy (non-hydrogen) atoms. The minimum Gasteiger partial charge on any atom is -0.406 e. The summed E-state index contributed by atoms with van der Waals surface area (Å²) in [5.41, 5.74) is 2.62. The van der Waals surface area contributed by atoms with E-state index in [0.717, 1.165) is 17.7 Å². The molecular weight excluding hydrogens is 279 g/mol. The number of hydrogen-bond acceptors (Lipinski definition) is 2. The van der Waals surface area contributed by atoms with Gasteiger partial charge < -0.3 is 10.1 Å². The molecule has 5 heteroatoms. The molecule has 2 aromatic carbocycles. The van der Waals surface area contributed by atoms with Crippen LogP contribution in [0, 0.1) is 0 Å². The SMILES string of the molecule is CCNCc1ccccc1-c1cccc(OC(F)(F)F)c1. The summed E-state index contributed by atoms with van der Waals surface area (Å²) < 4.78 is 40.8. The topological polar surface area (TPSA) is 21.3 Å². The molecule has 1 N–H and O–H groups in total. The van der Waals surface area contributed by atoms with Crippen molar-refractivity contribution in [2.45, 2.75) is 19.8 Å². The lowest BCUT2D eigenvalue weighted by molar-refractivity contribution is -0.274. The summed E-state index contributed by atoms with van der Waals surface area (Å²) in [5, 5.41) is 3.22. The van der Waals surface area contributed by atoms with Gasteiger partial charge in [0.25, 0.3) is 0 Å². The number of hydrogen-bond donors (Lipinski definition) is 1. The second-order valence-corrected chi connectivity index (χ2v) is 4.51. The van der Waals surface area contributed by atoms with Gasteiger partial charge in [0, 0.05) is 6.54 Å². The smallest absolute Gasteiger partial charge is 0.406 e. The van der Waals surface area contributed by atoms with Crippen molar-refractivity contribution in [2.75, 3.05) is 6.54 Å². The van der Waals surface area contributed by atoms with Gasteiger partial charge in [-0.3, -0.25) is 0 Å². The highest BCUT2D eigenvalue weighted by molar-refractivity contribution is 5.68. The summed E-state index contributed by atoms with van der Waals surface area (Å²) in [5.74, 6) is -0.210. The second kappa shape index (κ2) is 6.63. The van der Waals surface area contributed by atoms with Crippen molar-refractivity contribution in [2.24, 2.45) is 0 Å². The Morgan fingerprint density at radius 1 is 1.05 bits per heavy atom. The Morgan fingerprint density at radius 2 is 1.81 bits per heavy atom. The minimum absolute atomic E-state index is 0.210. The first kappa shape index (κ1) is 15.4. The van der Waals surface area contributed by atoms with Crippen molar-refractivity contribution in [3.8, 4) is 16.9 Å². The zero-order valence-electron chi connectivity index (χ0n) is 11.6. The van der Waals surface area contributed by atoms with E-state index < -0.39 is 6.36 Å². The number of ether oxygens (including phenoxy) is 1. The zero-order valence-corrected chi connectivity index (χ0v) is 11.6. The van der Waals surface area contributed by atoms with Crippen LogP contribution in [0.25, 0.3) is 11.1 Å². The maximum absolute atomic E-state index is 12.3. The summed E-state index contributed by atoms with van der Waals surface area (Å²) in [4.78, 5) is 0. The minimum atomic E-state index is -4.68. The molecule has 0 aliphatic carbocycles. The Morgan fingerprint density at radius 3 is 2.52 bits per heavy atom. The normalized spacial score (nSPS) is 11.4. The van der Waals surface area contributed by atoms with Gasteiger partial charge in [-0.25, -0.2) is 0 Å². The van der Waals surface area contributed by atoms with Crippen molar-refractivity contribution in [3.63, 3.8) is 0 Å². The van der Waals surface area contributed by atoms with E-state index in [0.29, 0.717) is 12.1 Å². The van der Waals surface area contributed by atoms with E-state index in [1.165, 1.54) is 12.1 Å². The van der Waals surface area contributed by atoms with Gasteiger partial charge in [0.05, 0.1) is 0 Å². The molecule has 0 saturated carbocycles. The third-order valence-corrected chi connectivity index (χ3v) is 2.96. The van der Waals surface area contributed by atoms with Gasteiger partial charge in [0.2, 0.25) is 0 Å². The number of halogens is 3. The average Bonchev–Trinajstić information content (AvgIpc) is 2.44. The van der Waals surface area contributed by atoms with E-state index in [1.54, 1.807) is 12.1 Å². The average molecular weight is 295 g/mol. The molecule has 0 fully saturated rings. The molecule has 112 valence electrons. The van der Waals surface area contributed by atoms with Crippen LogP contribution in [0.5, 0.6) is 5.75 Å². The standard InChI is InChI=1S/C16H16F3NO/c1-2-20-11-13-6-3-4-9-15(13)12-7-5-8-14(10-12)21-16(17,18)19/h3-10,20H,2,11H2,1H3. The largest absolute Gasteiger partial charge is 0.573 e. The van der Waals surface area contributed by atoms with Crippen molar-refractivity contribution >= 4 is 0 Å². The molecule has 0 aliphatic rings. The summed E-state index contributed by atoms with van der Waals surface area (Å²) in [6.07, 6.45) is -4.68. The molecule has 0 spiro atoms. The predicted octanol–water partition coefficient (Wildman–Crippen LogP) is 4.36. The lowest BCUT2D eigenvalue weighted by Gasteiger charge is -2.13. The molecule has 0 bridgehead atoms. The lowest BCUT2D eigenvalue weighted by atomic mass is 9.99. The van der Waals surface area contributed by atoms with E-state index in [2.05, 4.69) is 10.1 Å². The van der Waals surface area contributed by atoms with Gasteiger partial charge in [-0.05, 0) is 35.4 Å². The van der Waals surface area contributed by atoms with Crippen molar-refractivity contribution in [3.05, 3.63) is 54.1 Å². The molecule has 0 saturated heterocycles. The Balaban J connectivity index is 2.32. The first-order chi connectivity index (χ1) is 9.99. The van der Waals surface area contributed by atoms with Crippen LogP contribution in [0.2, 0.25) is 0 Å². The highest BCUT2D eigenvalue weighted by Crippen LogP contribution is 2.29. The van der Waals surface area contributed by atoms with Crippen LogP contribution in [0.4, 0.5) is 13.2 Å². The van der Waals surface area contributed by atoms with Crippen molar-refractivity contribution < 1.29 is 17.9 Å². The monoisotopic (exact) mass is 295 g/mol. The molecule has 0 radical (unpaired) electrons. The van der Waals surface area contributed by atoms with Gasteiger partial charge >= 0.3 is 6.36 Å². The van der Waals surface area contributed by atoms with E-state index >= 15 is 0 Å². The third-order valence-electron chi connectivity index (χ3n) is 2.96. The molecule has 2 rings (SSSR count). The van der Waals surface area contributed by atoms with E-state index in [4.69, 9.17) is 0 Å². The van der Waals surface area contributed by atoms with Crippen LogP contribution in [-0.4, -0.2) is 12.9 Å². The van der Waals surface area contributed by atoms with E-state index in [1.807, 2.05) is 31.2 Å². The maximum Gasteiger partial charge on any atom is 0.573 e. The summed E-state index contributed by atoms with van der Waals surface area (Å²) in [6, 6.07) is 13.6. The van der Waals surface area contributed by atoms with E-state index in [-0.39, 0.29) is 5.75 Å². The fraction of sp³-hybridized carbons (Fsp3) is 0.250. The van der Waals surface area contributed by atoms with Crippen molar-refractivity contribution in [1.82, 2.24) is 5.32 Å². The first-order valence-corrected chi connectivity index (χ1v) is 6.64. The fourth-order valence-corrected chi connectivity index (χ4v) is 2.08. The van der Waals surface area contributed by atoms with Crippen LogP contribution in [0.15, 0.2) is 48.5 Å². The summed E-state index contributed by atoms with van der Waals surface area (Å²) >= 11 is 0. The number of rotatable bonds is 5. The van der Waals surface area contributed by atoms with Crippen molar-refractivity contribution in [1.29, 1.82) is 0 Å². The number of alkyl halides is 3. The molecule has 0 aromatic heterocycles. The quantitative estimate of drug-likeness (QED) is 0.885. The van der Waals surface area contributed by atoms with Gasteiger partial charge in [0.15, 0.2) is 0 Å². The Bertz CT molecular complexity index is 596. The van der Waals surface area contributed by atoms with Gasteiger partial charge in [0.1, 0.15) is 5.75 Å². The van der Waals surface area contributed by atoms with Crippen LogP contribution in [0.1, 0.15) is 12.5 Å². The van der Waals surface area contributed by atoms with Crippen LogP contribution >= 0.6 is 0 Å². The molecule has 0 aliphatic heterocycles. The van der Waals surface area contributed by atoms with E-state index in [9.17, 15) is 13.2 Å². The highest BCUT2D eigenvalue weighted by Gasteiger charge is 2.31. The van der Waals surface area contributed by atoms with Crippen LogP contribution in [-0.2, 0) is 6.54 Å². The number of benzene rings is 2. The Labute approximate surface area is 121 Å². The molecule has 2 aromatic rings. The molecule has 0 heterocycles. The predicted molar refractivity (Wildman–Crippen MR) is 75.9 cm³/mol. The molecule has 2 nitrogen and oxygen atoms in total. The van der Waals surface area contributed by atoms with Gasteiger partial charge in [-0.15, -0.1) is 13.2 Å². The highest BCUT2D eigenvalue weighted by atomic mass is 19.4. The van der Waals surface area contributed by atoms with Gasteiger partial charge in [-0.2, -0.15) is 0 Å². The Hall–Kier alpha value is -2.01. The number of nitrogens with one attached hydrogen (secondary N) is 1.